The Labute approximate surface area is 253 Å². The number of fused-ring (bicyclic) bond motifs is 1. The normalized spacial score (nSPS) is 22.2. The number of likely N-dealkylation sites (tertiary alicyclic amines) is 1. The van der Waals surface area contributed by atoms with Crippen molar-refractivity contribution < 1.29 is 36.2 Å². The highest BCUT2D eigenvalue weighted by molar-refractivity contribution is 6.35. The van der Waals surface area contributed by atoms with Gasteiger partial charge in [-0.25, -0.2) is 19.4 Å². The largest absolute Gasteiger partial charge is 0.490 e. The molecule has 1 aromatic carbocycles. The molecule has 5 rings (SSSR count). The molecule has 1 saturated heterocycles. The Kier molecular flexibility index (Phi) is 9.68. The van der Waals surface area contributed by atoms with Gasteiger partial charge in [0, 0.05) is 22.1 Å². The van der Waals surface area contributed by atoms with Crippen LogP contribution in [0.3, 0.4) is 0 Å². The van der Waals surface area contributed by atoms with Crippen molar-refractivity contribution in [3.05, 3.63) is 57.5 Å². The summed E-state index contributed by atoms with van der Waals surface area (Å²) in [6, 6.07) is 5.35. The fourth-order valence-electron chi connectivity index (χ4n) is 5.68. The third-order valence-corrected chi connectivity index (χ3v) is 8.42. The molecule has 234 valence electrons. The van der Waals surface area contributed by atoms with Gasteiger partial charge in [0.2, 0.25) is 0 Å². The first kappa shape index (κ1) is 33.0. The second-order valence-corrected chi connectivity index (χ2v) is 11.6. The predicted octanol–water partition coefficient (Wildman–Crippen LogP) is 8.06. The zero-order valence-corrected chi connectivity index (χ0v) is 24.9. The van der Waals surface area contributed by atoms with E-state index in [1.807, 2.05) is 0 Å². The lowest BCUT2D eigenvalue weighted by molar-refractivity contribution is -0.192. The Morgan fingerprint density at radius 1 is 1.14 bits per heavy atom. The number of carboxylic acids is 1. The number of hydrogen-bond acceptors (Lipinski definition) is 5. The summed E-state index contributed by atoms with van der Waals surface area (Å²) >= 11 is 12.4. The number of benzene rings is 1. The molecular weight excluding hydrogens is 623 g/mol. The summed E-state index contributed by atoms with van der Waals surface area (Å²) in [4.78, 5) is 20.4. The van der Waals surface area contributed by atoms with Crippen LogP contribution in [0.15, 0.2) is 30.5 Å². The standard InChI is InChI=1S/C26H28Cl2F3N5.C2HF3O2/c1-14-11-17(6-9-22(14)35-10-4-5-15(35)2)21-13-32-23-24(26(29,30)31)34-36(25(23)33-21)16(3)19-8-7-18(27)12-20(19)28;3-2(4,5)1(6)7/h6-8,12-16,22H,4-5,9-11H2,1-3H3;(H,6,7)/t14?,15-,16?,22?;/m1./s1. The van der Waals surface area contributed by atoms with Gasteiger partial charge in [0.1, 0.15) is 5.52 Å². The van der Waals surface area contributed by atoms with Gasteiger partial charge >= 0.3 is 18.3 Å². The number of hydrogen-bond donors (Lipinski definition) is 1. The van der Waals surface area contributed by atoms with Gasteiger partial charge in [0.05, 0.1) is 17.9 Å². The molecule has 2 aromatic heterocycles. The predicted molar refractivity (Wildman–Crippen MR) is 150 cm³/mol. The number of nitrogens with zero attached hydrogens (tertiary/aromatic N) is 5. The highest BCUT2D eigenvalue weighted by Crippen LogP contribution is 2.39. The molecule has 15 heteroatoms. The van der Waals surface area contributed by atoms with E-state index in [9.17, 15) is 26.3 Å². The van der Waals surface area contributed by atoms with Crippen molar-refractivity contribution in [2.75, 3.05) is 6.54 Å². The molecule has 4 atom stereocenters. The molecule has 2 aliphatic rings. The van der Waals surface area contributed by atoms with Crippen LogP contribution in [-0.2, 0) is 11.0 Å². The molecule has 0 amide bonds. The van der Waals surface area contributed by atoms with E-state index in [4.69, 9.17) is 33.1 Å². The Bertz CT molecular complexity index is 1520. The van der Waals surface area contributed by atoms with Crippen molar-refractivity contribution >= 4 is 45.9 Å². The van der Waals surface area contributed by atoms with E-state index in [0.29, 0.717) is 39.3 Å². The van der Waals surface area contributed by atoms with Crippen LogP contribution >= 0.6 is 23.2 Å². The molecule has 7 nitrogen and oxygen atoms in total. The number of carbonyl (C=O) groups is 1. The summed E-state index contributed by atoms with van der Waals surface area (Å²) in [5.74, 6) is -2.35. The fraction of sp³-hybridized carbons (Fsp3) is 0.500. The number of halogens is 8. The van der Waals surface area contributed by atoms with Crippen LogP contribution in [0.1, 0.15) is 69.4 Å². The van der Waals surface area contributed by atoms with E-state index in [1.54, 1.807) is 25.1 Å². The Hall–Kier alpha value is -2.90. The lowest BCUT2D eigenvalue weighted by Gasteiger charge is -2.38. The topological polar surface area (TPSA) is 84.1 Å². The van der Waals surface area contributed by atoms with Crippen LogP contribution in [0, 0.1) is 5.92 Å². The van der Waals surface area contributed by atoms with Crippen LogP contribution in [0.4, 0.5) is 26.3 Å². The average Bonchev–Trinajstić information content (AvgIpc) is 3.51. The lowest BCUT2D eigenvalue weighted by Crippen LogP contribution is -2.42. The number of alkyl halides is 6. The van der Waals surface area contributed by atoms with Crippen LogP contribution in [-0.4, -0.2) is 60.5 Å². The van der Waals surface area contributed by atoms with E-state index in [-0.39, 0.29) is 11.2 Å². The number of aromatic nitrogens is 4. The monoisotopic (exact) mass is 651 g/mol. The van der Waals surface area contributed by atoms with E-state index in [0.717, 1.165) is 25.0 Å². The zero-order chi connectivity index (χ0) is 31.9. The van der Waals surface area contributed by atoms with Crippen LogP contribution in [0.25, 0.3) is 16.7 Å². The molecule has 43 heavy (non-hydrogen) atoms. The molecule has 1 fully saturated rings. The van der Waals surface area contributed by atoms with Crippen molar-refractivity contribution in [2.24, 2.45) is 5.92 Å². The van der Waals surface area contributed by atoms with Gasteiger partial charge in [-0.05, 0) is 75.3 Å². The second-order valence-electron chi connectivity index (χ2n) is 10.8. The Morgan fingerprint density at radius 2 is 1.81 bits per heavy atom. The third kappa shape index (κ3) is 7.26. The SMILES string of the molecule is CC1CC(c2cnc3c(C(F)(F)F)nn(C(C)c4ccc(Cl)cc4Cl)c3n2)=CCC1N1CCC[C@H]1C.O=C(O)C(F)(F)F. The summed E-state index contributed by atoms with van der Waals surface area (Å²) in [6.07, 6.45) is -1.98. The number of allylic oxidation sites excluding steroid dienone is 1. The molecule has 0 spiro atoms. The average molecular weight is 652 g/mol. The van der Waals surface area contributed by atoms with Gasteiger partial charge in [0.25, 0.3) is 0 Å². The summed E-state index contributed by atoms with van der Waals surface area (Å²) in [7, 11) is 0. The second kappa shape index (κ2) is 12.6. The summed E-state index contributed by atoms with van der Waals surface area (Å²) < 4.78 is 74.6. The summed E-state index contributed by atoms with van der Waals surface area (Å²) in [5, 5.41) is 11.8. The molecule has 3 heterocycles. The molecule has 0 saturated carbocycles. The van der Waals surface area contributed by atoms with Gasteiger partial charge < -0.3 is 5.11 Å². The summed E-state index contributed by atoms with van der Waals surface area (Å²) in [5.41, 5.74) is 0.964. The van der Waals surface area contributed by atoms with Gasteiger partial charge in [-0.3, -0.25) is 4.90 Å². The minimum absolute atomic E-state index is 0.0854. The number of carboxylic acid groups (broad SMARTS) is 1. The zero-order valence-electron chi connectivity index (χ0n) is 23.3. The van der Waals surface area contributed by atoms with E-state index in [1.165, 1.54) is 23.7 Å². The summed E-state index contributed by atoms with van der Waals surface area (Å²) in [6.45, 7) is 7.38. The molecule has 0 bridgehead atoms. The quantitative estimate of drug-likeness (QED) is 0.287. The van der Waals surface area contributed by atoms with Gasteiger partial charge in [0.15, 0.2) is 11.3 Å². The maximum absolute atomic E-state index is 13.9. The minimum Gasteiger partial charge on any atom is -0.475 e. The molecule has 3 aromatic rings. The van der Waals surface area contributed by atoms with E-state index >= 15 is 0 Å². The first-order valence-electron chi connectivity index (χ1n) is 13.5. The fourth-order valence-corrected chi connectivity index (χ4v) is 6.24. The maximum Gasteiger partial charge on any atom is 0.490 e. The van der Waals surface area contributed by atoms with E-state index in [2.05, 4.69) is 39.9 Å². The maximum atomic E-state index is 13.9. The van der Waals surface area contributed by atoms with Crippen molar-refractivity contribution in [1.29, 1.82) is 0 Å². The third-order valence-electron chi connectivity index (χ3n) is 7.86. The minimum atomic E-state index is -5.08. The molecule has 1 aliphatic carbocycles. The molecule has 0 radical (unpaired) electrons. The van der Waals surface area contributed by atoms with Gasteiger partial charge in [-0.2, -0.15) is 31.4 Å². The number of aliphatic carboxylic acids is 1. The van der Waals surface area contributed by atoms with Crippen molar-refractivity contribution in [1.82, 2.24) is 24.6 Å². The first-order chi connectivity index (χ1) is 20.0. The Balaban J connectivity index is 0.000000541. The van der Waals surface area contributed by atoms with Crippen molar-refractivity contribution in [3.63, 3.8) is 0 Å². The molecule has 1 N–H and O–H groups in total. The Morgan fingerprint density at radius 3 is 2.35 bits per heavy atom. The number of rotatable bonds is 4. The van der Waals surface area contributed by atoms with Gasteiger partial charge in [-0.15, -0.1) is 0 Å². The van der Waals surface area contributed by atoms with E-state index < -0.39 is 30.1 Å². The van der Waals surface area contributed by atoms with Crippen LogP contribution in [0.5, 0.6) is 0 Å². The highest BCUT2D eigenvalue weighted by Gasteiger charge is 2.40. The molecule has 1 aliphatic heterocycles. The van der Waals surface area contributed by atoms with Crippen molar-refractivity contribution in [3.8, 4) is 0 Å². The first-order valence-corrected chi connectivity index (χ1v) is 14.3. The van der Waals surface area contributed by atoms with Crippen LogP contribution in [0.2, 0.25) is 10.0 Å². The smallest absolute Gasteiger partial charge is 0.475 e. The van der Waals surface area contributed by atoms with Crippen molar-refractivity contribution in [2.45, 2.75) is 76.9 Å². The highest BCUT2D eigenvalue weighted by atomic mass is 35.5. The van der Waals surface area contributed by atoms with Crippen LogP contribution < -0.4 is 0 Å². The van der Waals surface area contributed by atoms with Gasteiger partial charge in [-0.1, -0.05) is 42.3 Å². The lowest BCUT2D eigenvalue weighted by atomic mass is 9.83. The molecular formula is C28H29Cl2F6N5O2. The molecule has 3 unspecified atom stereocenters.